The summed E-state index contributed by atoms with van der Waals surface area (Å²) in [6.45, 7) is 25.1. The van der Waals surface area contributed by atoms with Gasteiger partial charge in [0, 0.05) is 24.5 Å². The van der Waals surface area contributed by atoms with Crippen molar-refractivity contribution >= 4 is 6.08 Å². The molecule has 0 saturated carbocycles. The van der Waals surface area contributed by atoms with Crippen LogP contribution >= 0.6 is 0 Å². The summed E-state index contributed by atoms with van der Waals surface area (Å²) in [5, 5.41) is 0. The zero-order chi connectivity index (χ0) is 20.8. The van der Waals surface area contributed by atoms with Gasteiger partial charge in [-0.15, -0.1) is 0 Å². The van der Waals surface area contributed by atoms with Gasteiger partial charge in [0.25, 0.3) is 0 Å². The van der Waals surface area contributed by atoms with E-state index in [0.717, 1.165) is 0 Å². The Balaban J connectivity index is -0.0000000786. The fraction of sp³-hybridized carbons (Fsp3) is 0.0526. The number of ether oxygens (including phenoxy) is 1. The van der Waals surface area contributed by atoms with E-state index in [0.29, 0.717) is 0 Å². The van der Waals surface area contributed by atoms with Gasteiger partial charge in [-0.25, -0.2) is 0 Å². The van der Waals surface area contributed by atoms with Crippen molar-refractivity contribution in [3.8, 4) is 0 Å². The molecular formula is C19H14CrO6. The van der Waals surface area contributed by atoms with Crippen LogP contribution < -0.4 is 0 Å². The first-order valence-corrected chi connectivity index (χ1v) is 5.79. The molecular weight excluding hydrogens is 376 g/mol. The van der Waals surface area contributed by atoms with Crippen LogP contribution in [0.5, 0.6) is 0 Å². The number of hydrogen-bond acceptors (Lipinski definition) is 1. The average Bonchev–Trinajstić information content (AvgIpc) is 2.75. The maximum atomic E-state index is 7.50. The molecule has 0 unspecified atom stereocenters. The van der Waals surface area contributed by atoms with E-state index in [4.69, 9.17) is 23.3 Å². The van der Waals surface area contributed by atoms with E-state index in [1.54, 1.807) is 13.2 Å². The molecule has 1 aromatic rings. The van der Waals surface area contributed by atoms with Crippen molar-refractivity contribution in [2.75, 3.05) is 7.11 Å². The number of methoxy groups -OCH3 is 1. The van der Waals surface area contributed by atoms with Gasteiger partial charge in [-0.05, 0) is 11.6 Å². The van der Waals surface area contributed by atoms with Crippen LogP contribution in [0.1, 0.15) is 5.56 Å². The fourth-order valence-corrected chi connectivity index (χ4v) is 1.02. The van der Waals surface area contributed by atoms with Crippen molar-refractivity contribution in [3.63, 3.8) is 0 Å². The molecule has 26 heavy (non-hydrogen) atoms. The molecule has 1 rings (SSSR count). The molecule has 7 heteroatoms. The fourth-order valence-electron chi connectivity index (χ4n) is 1.02. The molecule has 0 atom stereocenters. The summed E-state index contributed by atoms with van der Waals surface area (Å²) < 4.78 is 42.1. The third-order valence-electron chi connectivity index (χ3n) is 1.70. The summed E-state index contributed by atoms with van der Waals surface area (Å²) in [7, 11) is 1.57. The van der Waals surface area contributed by atoms with Gasteiger partial charge in [-0.1, -0.05) is 60.7 Å². The normalized spacial score (nSPS) is 7.35. The molecule has 0 bridgehead atoms. The smallest absolute Gasteiger partial charge is 0 e. The first kappa shape index (κ1) is 38.9. The van der Waals surface area contributed by atoms with Crippen molar-refractivity contribution in [1.29, 1.82) is 0 Å². The third-order valence-corrected chi connectivity index (χ3v) is 1.70. The molecule has 6 nitrogen and oxygen atoms in total. The minimum Gasteiger partial charge on any atom is 0 e. The molecule has 0 amide bonds. The maximum Gasteiger partial charge on any atom is 0 e. The Morgan fingerprint density at radius 2 is 1.15 bits per heavy atom. The third kappa shape index (κ3) is 43.0. The number of hydrogen-bond donors (Lipinski definition) is 0. The quantitative estimate of drug-likeness (QED) is 0.429. The van der Waals surface area contributed by atoms with Crippen molar-refractivity contribution < 1.29 is 45.4 Å². The van der Waals surface area contributed by atoms with Crippen molar-refractivity contribution in [2.45, 2.75) is 0 Å². The van der Waals surface area contributed by atoms with E-state index in [2.05, 4.69) is 56.7 Å². The van der Waals surface area contributed by atoms with Gasteiger partial charge >= 0.3 is 56.5 Å². The topological polar surface area (TPSA) is 109 Å². The van der Waals surface area contributed by atoms with Gasteiger partial charge in [0.2, 0.25) is 0 Å². The van der Waals surface area contributed by atoms with Gasteiger partial charge in [0.15, 0.2) is 6.61 Å². The van der Waals surface area contributed by atoms with E-state index in [-0.39, 0.29) is 17.4 Å². The molecule has 0 aliphatic heterocycles. The minimum absolute atomic E-state index is 0. The van der Waals surface area contributed by atoms with E-state index in [9.17, 15) is 0 Å². The molecule has 0 N–H and O–H groups in total. The van der Waals surface area contributed by atoms with Gasteiger partial charge in [-0.3, -0.25) is 0 Å². The summed E-state index contributed by atoms with van der Waals surface area (Å²) in [5.74, 6) is 0. The van der Waals surface area contributed by atoms with Crippen LogP contribution in [0, 0.1) is 39.9 Å². The molecule has 1 aromatic carbocycles. The van der Waals surface area contributed by atoms with Crippen molar-refractivity contribution in [3.05, 3.63) is 106 Å². The summed E-state index contributed by atoms with van der Waals surface area (Å²) >= 11 is 0. The second kappa shape index (κ2) is 57.0. The summed E-state index contributed by atoms with van der Waals surface area (Å²) in [6.07, 6.45) is 11.5. The Kier molecular flexibility index (Phi) is 85.3. The summed E-state index contributed by atoms with van der Waals surface area (Å²) in [6, 6.07) is 10.2. The summed E-state index contributed by atoms with van der Waals surface area (Å²) in [4.78, 5) is 0. The van der Waals surface area contributed by atoms with Gasteiger partial charge < -0.3 is 4.74 Å². The number of rotatable bonds is 5. The van der Waals surface area contributed by atoms with Crippen LogP contribution in [0.3, 0.4) is 0 Å². The second-order valence-electron chi connectivity index (χ2n) is 2.84. The molecule has 132 valence electrons. The Morgan fingerprint density at radius 3 is 1.58 bits per heavy atom. The first-order valence-electron chi connectivity index (χ1n) is 5.79. The molecule has 2 radical (unpaired) electrons. The average molecular weight is 390 g/mol. The monoisotopic (exact) mass is 390 g/mol. The zero-order valence-corrected chi connectivity index (χ0v) is 15.0. The molecule has 0 aliphatic carbocycles. The Hall–Kier alpha value is -2.37. The SMILES string of the molecule is CO[C]/C=C/C=C/C=C/c1ccccc1.[C-]#[O+].[C-]#[O+].[C-]#[O+].[C-]#[O+].[C-]#[O+].[Cr]. The molecule has 0 aliphatic rings. The largest absolute Gasteiger partial charge is 0 e. The van der Waals surface area contributed by atoms with E-state index < -0.39 is 0 Å². The Labute approximate surface area is 165 Å². The van der Waals surface area contributed by atoms with E-state index in [1.807, 2.05) is 48.6 Å². The van der Waals surface area contributed by atoms with E-state index >= 15 is 0 Å². The molecule has 0 spiro atoms. The minimum atomic E-state index is 0. The van der Waals surface area contributed by atoms with Crippen LogP contribution in [0.4, 0.5) is 0 Å². The van der Waals surface area contributed by atoms with Gasteiger partial charge in [0.05, 0.1) is 0 Å². The number of benzene rings is 1. The van der Waals surface area contributed by atoms with E-state index in [1.165, 1.54) is 5.56 Å². The first-order chi connectivity index (χ1) is 12.4. The van der Waals surface area contributed by atoms with Crippen LogP contribution in [-0.4, -0.2) is 7.11 Å². The Morgan fingerprint density at radius 1 is 0.731 bits per heavy atom. The van der Waals surface area contributed by atoms with Crippen LogP contribution in [0.2, 0.25) is 0 Å². The Bertz CT molecular complexity index is 502. The van der Waals surface area contributed by atoms with Crippen molar-refractivity contribution in [2.24, 2.45) is 0 Å². The molecule has 0 heterocycles. The van der Waals surface area contributed by atoms with Gasteiger partial charge in [-0.2, -0.15) is 0 Å². The van der Waals surface area contributed by atoms with Crippen LogP contribution in [0.15, 0.2) is 60.7 Å². The molecule has 0 aromatic heterocycles. The zero-order valence-electron chi connectivity index (χ0n) is 13.7. The predicted octanol–water partition coefficient (Wildman–Crippen LogP) is 3.31. The van der Waals surface area contributed by atoms with Crippen LogP contribution in [0.25, 0.3) is 6.08 Å². The van der Waals surface area contributed by atoms with Crippen LogP contribution in [-0.2, 0) is 45.4 Å². The molecule has 0 fully saturated rings. The van der Waals surface area contributed by atoms with Gasteiger partial charge in [0.1, 0.15) is 0 Å². The van der Waals surface area contributed by atoms with Crippen molar-refractivity contribution in [1.82, 2.24) is 0 Å². The standard InChI is InChI=1S/C14H14O.5CO.Cr/c1-15-13-9-4-2-3-6-10-14-11-7-5-8-12-14;5*1-2;/h2-12H,1H3;;;;;;/b3-2+,9-4+,10-6+;;;;;;. The molecule has 0 saturated heterocycles. The maximum absolute atomic E-state index is 7.50. The second-order valence-corrected chi connectivity index (χ2v) is 2.84. The summed E-state index contributed by atoms with van der Waals surface area (Å²) in [5.41, 5.74) is 1.20. The predicted molar refractivity (Wildman–Crippen MR) is 83.7 cm³/mol. The number of allylic oxidation sites excluding steroid dienone is 4.